The molecule has 2 atom stereocenters. The predicted octanol–water partition coefficient (Wildman–Crippen LogP) is 2.33. The maximum Gasteiger partial charge on any atom is 0.243 e. The predicted molar refractivity (Wildman–Crippen MR) is 113 cm³/mol. The van der Waals surface area contributed by atoms with E-state index in [1.54, 1.807) is 12.1 Å². The molecule has 2 aliphatic heterocycles. The summed E-state index contributed by atoms with van der Waals surface area (Å²) in [5, 5.41) is 3.39. The fourth-order valence-corrected chi connectivity index (χ4v) is 5.52. The van der Waals surface area contributed by atoms with Gasteiger partial charge < -0.3 is 10.2 Å². The topological polar surface area (TPSA) is 69.7 Å². The highest BCUT2D eigenvalue weighted by Crippen LogP contribution is 2.27. The van der Waals surface area contributed by atoms with Gasteiger partial charge in [0.05, 0.1) is 4.90 Å². The molecule has 28 heavy (non-hydrogen) atoms. The van der Waals surface area contributed by atoms with Crippen LogP contribution in [-0.2, 0) is 14.8 Å². The molecule has 2 heterocycles. The largest absolute Gasteiger partial charge is 0.337 e. The molecule has 0 saturated carbocycles. The second kappa shape index (κ2) is 9.11. The third-order valence-corrected chi connectivity index (χ3v) is 8.13. The van der Waals surface area contributed by atoms with Crippen LogP contribution < -0.4 is 5.32 Å². The first kappa shape index (κ1) is 23.1. The van der Waals surface area contributed by atoms with Crippen LogP contribution in [0.4, 0.5) is 0 Å². The van der Waals surface area contributed by atoms with Crippen LogP contribution in [0.3, 0.4) is 0 Å². The Morgan fingerprint density at radius 2 is 1.71 bits per heavy atom. The average Bonchev–Trinajstić information content (AvgIpc) is 2.65. The van der Waals surface area contributed by atoms with E-state index in [-0.39, 0.29) is 36.3 Å². The molecule has 3 rings (SSSR count). The van der Waals surface area contributed by atoms with Crippen molar-refractivity contribution < 1.29 is 13.2 Å². The third kappa shape index (κ3) is 4.53. The van der Waals surface area contributed by atoms with E-state index in [0.717, 1.165) is 24.2 Å². The smallest absolute Gasteiger partial charge is 0.243 e. The number of piperazine rings is 1. The van der Waals surface area contributed by atoms with Gasteiger partial charge in [0.15, 0.2) is 0 Å². The molecule has 6 nitrogen and oxygen atoms in total. The lowest BCUT2D eigenvalue weighted by molar-refractivity contribution is -0.140. The standard InChI is InChI=1S/C20H31N3O3S.ClH/c1-14-5-6-19(13-15(14)2)27(25,26)22-10-7-18(8-11-22)20(24)23-12-9-21-16(3)17(23)4;/h5-6,13,16-18,21H,7-12H2,1-4H3;1H. The summed E-state index contributed by atoms with van der Waals surface area (Å²) in [6.45, 7) is 10.4. The number of hydrogen-bond donors (Lipinski definition) is 1. The summed E-state index contributed by atoms with van der Waals surface area (Å²) in [5.74, 6) is 0.100. The number of aryl methyl sites for hydroxylation is 2. The number of piperidine rings is 1. The zero-order valence-electron chi connectivity index (χ0n) is 17.1. The van der Waals surface area contributed by atoms with Crippen molar-refractivity contribution in [2.45, 2.75) is 57.5 Å². The molecule has 2 unspecified atom stereocenters. The van der Waals surface area contributed by atoms with Crippen LogP contribution in [0, 0.1) is 19.8 Å². The van der Waals surface area contributed by atoms with Gasteiger partial charge in [0.25, 0.3) is 0 Å². The van der Waals surface area contributed by atoms with Crippen LogP contribution in [0.1, 0.15) is 37.8 Å². The monoisotopic (exact) mass is 429 g/mol. The van der Waals surface area contributed by atoms with Gasteiger partial charge >= 0.3 is 0 Å². The lowest BCUT2D eigenvalue weighted by Crippen LogP contribution is -2.59. The highest BCUT2D eigenvalue weighted by Gasteiger charge is 2.36. The number of halogens is 1. The van der Waals surface area contributed by atoms with Crippen LogP contribution >= 0.6 is 12.4 Å². The zero-order valence-corrected chi connectivity index (χ0v) is 18.8. The number of carbonyl (C=O) groups is 1. The highest BCUT2D eigenvalue weighted by atomic mass is 35.5. The van der Waals surface area contributed by atoms with Gasteiger partial charge in [0.1, 0.15) is 0 Å². The summed E-state index contributed by atoms with van der Waals surface area (Å²) in [6.07, 6.45) is 1.18. The van der Waals surface area contributed by atoms with Crippen molar-refractivity contribution in [2.24, 2.45) is 5.92 Å². The number of nitrogens with one attached hydrogen (secondary N) is 1. The number of benzene rings is 1. The Hall–Kier alpha value is -1.15. The van der Waals surface area contributed by atoms with Gasteiger partial charge in [0, 0.05) is 44.2 Å². The van der Waals surface area contributed by atoms with E-state index >= 15 is 0 Å². The second-order valence-corrected chi connectivity index (χ2v) is 9.88. The van der Waals surface area contributed by atoms with E-state index in [0.29, 0.717) is 30.8 Å². The van der Waals surface area contributed by atoms with E-state index < -0.39 is 10.0 Å². The van der Waals surface area contributed by atoms with Crippen molar-refractivity contribution in [2.75, 3.05) is 26.2 Å². The van der Waals surface area contributed by atoms with E-state index in [1.165, 1.54) is 4.31 Å². The maximum atomic E-state index is 12.9. The van der Waals surface area contributed by atoms with Gasteiger partial charge in [-0.1, -0.05) is 6.07 Å². The molecule has 0 aromatic heterocycles. The Morgan fingerprint density at radius 3 is 2.32 bits per heavy atom. The molecule has 2 fully saturated rings. The summed E-state index contributed by atoms with van der Waals surface area (Å²) in [4.78, 5) is 15.3. The molecule has 0 bridgehead atoms. The number of carbonyl (C=O) groups excluding carboxylic acids is 1. The van der Waals surface area contributed by atoms with Gasteiger partial charge in [0.2, 0.25) is 15.9 Å². The summed E-state index contributed by atoms with van der Waals surface area (Å²) < 4.78 is 27.4. The van der Waals surface area contributed by atoms with E-state index in [4.69, 9.17) is 0 Å². The van der Waals surface area contributed by atoms with E-state index in [9.17, 15) is 13.2 Å². The number of rotatable bonds is 3. The summed E-state index contributed by atoms with van der Waals surface area (Å²) in [5.41, 5.74) is 2.06. The van der Waals surface area contributed by atoms with Crippen molar-refractivity contribution in [1.82, 2.24) is 14.5 Å². The quantitative estimate of drug-likeness (QED) is 0.800. The second-order valence-electron chi connectivity index (χ2n) is 7.94. The minimum atomic E-state index is -3.50. The van der Waals surface area contributed by atoms with Crippen LogP contribution in [0.25, 0.3) is 0 Å². The highest BCUT2D eigenvalue weighted by molar-refractivity contribution is 7.89. The van der Waals surface area contributed by atoms with Crippen molar-refractivity contribution in [1.29, 1.82) is 0 Å². The minimum absolute atomic E-state index is 0. The first-order valence-corrected chi connectivity index (χ1v) is 11.3. The molecule has 0 radical (unpaired) electrons. The fourth-order valence-electron chi connectivity index (χ4n) is 3.97. The van der Waals surface area contributed by atoms with Crippen LogP contribution in [0.2, 0.25) is 0 Å². The Kier molecular flexibility index (Phi) is 7.53. The average molecular weight is 430 g/mol. The SMILES string of the molecule is Cc1ccc(S(=O)(=O)N2CCC(C(=O)N3CCNC(C)C3C)CC2)cc1C.Cl. The molecule has 0 aliphatic carbocycles. The van der Waals surface area contributed by atoms with Crippen LogP contribution in [0.5, 0.6) is 0 Å². The fraction of sp³-hybridized carbons (Fsp3) is 0.650. The molecule has 1 amide bonds. The normalized spacial score (nSPS) is 24.6. The van der Waals surface area contributed by atoms with Crippen molar-refractivity contribution in [3.63, 3.8) is 0 Å². The molecule has 158 valence electrons. The van der Waals surface area contributed by atoms with Gasteiger partial charge in [-0.05, 0) is 63.8 Å². The number of sulfonamides is 1. The van der Waals surface area contributed by atoms with Gasteiger partial charge in [-0.2, -0.15) is 4.31 Å². The number of amides is 1. The van der Waals surface area contributed by atoms with Crippen LogP contribution in [-0.4, -0.2) is 61.8 Å². The van der Waals surface area contributed by atoms with Crippen molar-refractivity contribution >= 4 is 28.3 Å². The Balaban J connectivity index is 0.00000280. The zero-order chi connectivity index (χ0) is 19.8. The van der Waals surface area contributed by atoms with Gasteiger partial charge in [-0.25, -0.2) is 8.42 Å². The molecular formula is C20H32ClN3O3S. The Bertz CT molecular complexity index is 807. The van der Waals surface area contributed by atoms with E-state index in [2.05, 4.69) is 19.2 Å². The lowest BCUT2D eigenvalue weighted by Gasteiger charge is -2.41. The first-order valence-electron chi connectivity index (χ1n) is 9.83. The lowest BCUT2D eigenvalue weighted by atomic mass is 9.94. The third-order valence-electron chi connectivity index (χ3n) is 6.24. The first-order chi connectivity index (χ1) is 12.7. The summed E-state index contributed by atoms with van der Waals surface area (Å²) >= 11 is 0. The minimum Gasteiger partial charge on any atom is -0.337 e. The van der Waals surface area contributed by atoms with Crippen molar-refractivity contribution in [3.05, 3.63) is 29.3 Å². The number of nitrogens with zero attached hydrogens (tertiary/aromatic N) is 2. The maximum absolute atomic E-state index is 12.9. The molecule has 1 aromatic carbocycles. The Labute approximate surface area is 175 Å². The van der Waals surface area contributed by atoms with Crippen molar-refractivity contribution in [3.8, 4) is 0 Å². The molecule has 2 saturated heterocycles. The van der Waals surface area contributed by atoms with Crippen LogP contribution in [0.15, 0.2) is 23.1 Å². The molecule has 1 N–H and O–H groups in total. The molecule has 0 spiro atoms. The molecule has 8 heteroatoms. The molecule has 1 aromatic rings. The summed E-state index contributed by atoms with van der Waals surface area (Å²) in [6, 6.07) is 5.73. The summed E-state index contributed by atoms with van der Waals surface area (Å²) in [7, 11) is -3.50. The number of hydrogen-bond acceptors (Lipinski definition) is 4. The van der Waals surface area contributed by atoms with E-state index in [1.807, 2.05) is 24.8 Å². The Morgan fingerprint density at radius 1 is 1.07 bits per heavy atom. The van der Waals surface area contributed by atoms with Gasteiger partial charge in [-0.15, -0.1) is 12.4 Å². The van der Waals surface area contributed by atoms with Gasteiger partial charge in [-0.3, -0.25) is 4.79 Å². The molecular weight excluding hydrogens is 398 g/mol. The molecule has 2 aliphatic rings.